The lowest BCUT2D eigenvalue weighted by atomic mass is 9.96. The summed E-state index contributed by atoms with van der Waals surface area (Å²) in [6, 6.07) is 22.4. The number of thiophene rings is 1. The Morgan fingerprint density at radius 1 is 0.913 bits per heavy atom. The molecular formula is C49H47ClFN6O10S2+. The number of fused-ring (bicyclic) bond motifs is 8. The van der Waals surface area contributed by atoms with Gasteiger partial charge in [0, 0.05) is 64.9 Å². The molecule has 1 saturated heterocycles. The fourth-order valence-electron chi connectivity index (χ4n) is 8.84. The standard InChI is InChI=1S/C49H46ClFN6O10S2/c1-57(21-7-25-69(61,62)63)22-18-56(19-23-57)20-24-65-37-15-13-32-39(43(37)50)40-33(12-14-34(51)44(40)58)45-41(32)42-47(53-28-54-48(42)68-45)67-38(49(59)60)26-29-8-3-5-10-35(29)66-27-30-16-17-52-46(55-30)31-9-4-6-11-36(31)64-2/h3-6,8-17,28,38H,7,18-27H2,1-2H3,(H2-,58,59,60,61,62,63)/p+1/t38-/m1/s1. The molecule has 16 nitrogen and oxygen atoms in total. The minimum atomic E-state index is -4.01. The fraction of sp³-hybridized carbons (Fsp3) is 0.286. The SMILES string of the molecule is COc1ccccc1-c1nccc(COc2ccccc2C[C@@H](Oc2ncnc3sc4c5ccc(F)c(O)c5c5c(Cl)c(OCCN6CC[N+](C)(CCCS(=O)(=O)O)CC6)ccc5c4c23)C(=O)O)n1. The van der Waals surface area contributed by atoms with Crippen molar-refractivity contribution in [1.82, 2.24) is 24.8 Å². The van der Waals surface area contributed by atoms with Crippen molar-refractivity contribution in [2.75, 3.05) is 65.8 Å². The number of ether oxygens (including phenoxy) is 4. The van der Waals surface area contributed by atoms with Gasteiger partial charge >= 0.3 is 5.97 Å². The maximum absolute atomic E-state index is 15.2. The van der Waals surface area contributed by atoms with Gasteiger partial charge in [-0.3, -0.25) is 9.45 Å². The molecule has 358 valence electrons. The summed E-state index contributed by atoms with van der Waals surface area (Å²) in [7, 11) is -0.351. The number of carboxylic acids is 1. The normalized spacial score (nSPS) is 14.6. The Morgan fingerprint density at radius 3 is 2.43 bits per heavy atom. The molecule has 1 atom stereocenters. The van der Waals surface area contributed by atoms with E-state index < -0.39 is 33.8 Å². The number of para-hydroxylation sites is 2. The van der Waals surface area contributed by atoms with Gasteiger partial charge in [0.2, 0.25) is 12.0 Å². The summed E-state index contributed by atoms with van der Waals surface area (Å²) in [5.41, 5.74) is 1.87. The third kappa shape index (κ3) is 10.2. The summed E-state index contributed by atoms with van der Waals surface area (Å²) in [6.45, 7) is 4.64. The van der Waals surface area contributed by atoms with Gasteiger partial charge in [0.1, 0.15) is 41.6 Å². The maximum Gasteiger partial charge on any atom is 0.345 e. The Hall–Kier alpha value is -6.48. The van der Waals surface area contributed by atoms with Gasteiger partial charge in [-0.1, -0.05) is 41.9 Å². The van der Waals surface area contributed by atoms with E-state index in [1.807, 2.05) is 24.3 Å². The number of nitrogens with zero attached hydrogens (tertiary/aromatic N) is 6. The molecule has 9 rings (SSSR count). The number of rotatable bonds is 18. The first kappa shape index (κ1) is 47.6. The highest BCUT2D eigenvalue weighted by atomic mass is 35.5. The van der Waals surface area contributed by atoms with Gasteiger partial charge in [0.15, 0.2) is 17.4 Å². The molecule has 4 heterocycles. The molecule has 1 fully saturated rings. The van der Waals surface area contributed by atoms with E-state index in [1.165, 1.54) is 23.7 Å². The molecule has 69 heavy (non-hydrogen) atoms. The van der Waals surface area contributed by atoms with Gasteiger partial charge in [0.25, 0.3) is 10.1 Å². The second-order valence-corrected chi connectivity index (χ2v) is 20.0. The van der Waals surface area contributed by atoms with E-state index in [0.29, 0.717) is 94.8 Å². The number of aromatic hydroxyl groups is 1. The molecule has 0 saturated carbocycles. The van der Waals surface area contributed by atoms with Crippen LogP contribution in [0.4, 0.5) is 4.39 Å². The molecule has 0 amide bonds. The number of piperazine rings is 1. The highest BCUT2D eigenvalue weighted by Crippen LogP contribution is 2.51. The second kappa shape index (κ2) is 19.9. The summed E-state index contributed by atoms with van der Waals surface area (Å²) >= 11 is 8.45. The number of likely N-dealkylation sites (N-methyl/N-ethyl adjacent to an activating group) is 1. The van der Waals surface area contributed by atoms with Gasteiger partial charge in [0.05, 0.1) is 61.2 Å². The Morgan fingerprint density at radius 2 is 1.67 bits per heavy atom. The van der Waals surface area contributed by atoms with Crippen LogP contribution in [0.15, 0.2) is 91.4 Å². The monoisotopic (exact) mass is 997 g/mol. The van der Waals surface area contributed by atoms with E-state index in [-0.39, 0.29) is 41.7 Å². The van der Waals surface area contributed by atoms with Gasteiger partial charge in [-0.15, -0.1) is 11.3 Å². The number of phenolic OH excluding ortho intramolecular Hbond substituents is 1. The zero-order chi connectivity index (χ0) is 48.5. The largest absolute Gasteiger partial charge is 0.504 e. The van der Waals surface area contributed by atoms with Crippen LogP contribution in [0.5, 0.6) is 28.9 Å². The number of aromatic nitrogens is 4. The van der Waals surface area contributed by atoms with E-state index in [1.54, 1.807) is 61.8 Å². The van der Waals surface area contributed by atoms with Crippen molar-refractivity contribution in [3.63, 3.8) is 0 Å². The smallest absolute Gasteiger partial charge is 0.345 e. The number of quaternary nitrogens is 1. The molecule has 0 unspecified atom stereocenters. The topological polar surface area (TPSA) is 204 Å². The summed E-state index contributed by atoms with van der Waals surface area (Å²) in [6.07, 6.45) is 1.75. The van der Waals surface area contributed by atoms with Crippen LogP contribution in [0.2, 0.25) is 5.02 Å². The highest BCUT2D eigenvalue weighted by molar-refractivity contribution is 7.85. The molecule has 0 bridgehead atoms. The van der Waals surface area contributed by atoms with Crippen LogP contribution in [0.3, 0.4) is 0 Å². The van der Waals surface area contributed by atoms with Crippen molar-refractivity contribution in [3.8, 4) is 40.3 Å². The summed E-state index contributed by atoms with van der Waals surface area (Å²) in [4.78, 5) is 33.8. The van der Waals surface area contributed by atoms with Gasteiger partial charge < -0.3 is 33.6 Å². The third-order valence-corrected chi connectivity index (χ3v) is 14.8. The lowest BCUT2D eigenvalue weighted by Gasteiger charge is -2.42. The molecular weight excluding hydrogens is 951 g/mol. The fourth-order valence-corrected chi connectivity index (χ4v) is 10.8. The van der Waals surface area contributed by atoms with Crippen LogP contribution in [0.25, 0.3) is 53.2 Å². The molecule has 1 aliphatic rings. The highest BCUT2D eigenvalue weighted by Gasteiger charge is 2.30. The first-order valence-electron chi connectivity index (χ1n) is 22.0. The van der Waals surface area contributed by atoms with Crippen LogP contribution in [-0.4, -0.2) is 130 Å². The summed E-state index contributed by atoms with van der Waals surface area (Å²) in [5, 5.41) is 24.5. The predicted molar refractivity (Wildman–Crippen MR) is 261 cm³/mol. The first-order chi connectivity index (χ1) is 33.2. The molecule has 0 aliphatic carbocycles. The van der Waals surface area contributed by atoms with Gasteiger partial charge in [-0.25, -0.2) is 29.1 Å². The molecule has 3 N–H and O–H groups in total. The number of carbonyl (C=O) groups is 1. The van der Waals surface area contributed by atoms with E-state index in [0.717, 1.165) is 31.7 Å². The van der Waals surface area contributed by atoms with Crippen molar-refractivity contribution in [2.24, 2.45) is 0 Å². The number of hydrogen-bond acceptors (Lipinski definition) is 14. The average Bonchev–Trinajstić information content (AvgIpc) is 3.74. The van der Waals surface area contributed by atoms with Crippen molar-refractivity contribution < 1.29 is 55.8 Å². The van der Waals surface area contributed by atoms with Crippen molar-refractivity contribution in [3.05, 3.63) is 113 Å². The molecule has 20 heteroatoms. The Labute approximate surface area is 404 Å². The lowest BCUT2D eigenvalue weighted by molar-refractivity contribution is -0.913. The number of halogens is 2. The van der Waals surface area contributed by atoms with Crippen molar-refractivity contribution >= 4 is 80.9 Å². The van der Waals surface area contributed by atoms with E-state index in [2.05, 4.69) is 31.9 Å². The number of benzene rings is 5. The van der Waals surface area contributed by atoms with Crippen LogP contribution in [0.1, 0.15) is 17.7 Å². The van der Waals surface area contributed by atoms with E-state index >= 15 is 4.39 Å². The Balaban J connectivity index is 0.984. The summed E-state index contributed by atoms with van der Waals surface area (Å²) < 4.78 is 72.5. The molecule has 8 aromatic rings. The minimum Gasteiger partial charge on any atom is -0.504 e. The number of carboxylic acid groups (broad SMARTS) is 1. The van der Waals surface area contributed by atoms with Crippen LogP contribution < -0.4 is 18.9 Å². The zero-order valence-corrected chi connectivity index (χ0v) is 39.9. The predicted octanol–water partition coefficient (Wildman–Crippen LogP) is 8.19. The van der Waals surface area contributed by atoms with Gasteiger partial charge in [-0.2, -0.15) is 8.42 Å². The van der Waals surface area contributed by atoms with Crippen LogP contribution in [0, 0.1) is 5.82 Å². The third-order valence-electron chi connectivity index (χ3n) is 12.5. The summed E-state index contributed by atoms with van der Waals surface area (Å²) in [5.74, 6) is -1.11. The van der Waals surface area contributed by atoms with E-state index in [9.17, 15) is 23.4 Å². The molecule has 0 spiro atoms. The van der Waals surface area contributed by atoms with Crippen molar-refractivity contribution in [2.45, 2.75) is 25.6 Å². The second-order valence-electron chi connectivity index (χ2n) is 17.0. The zero-order valence-electron chi connectivity index (χ0n) is 37.5. The van der Waals surface area contributed by atoms with Crippen molar-refractivity contribution in [1.29, 1.82) is 0 Å². The minimum absolute atomic E-state index is 0.0000179. The molecule has 5 aromatic carbocycles. The Kier molecular flexibility index (Phi) is 13.7. The average molecular weight is 999 g/mol. The van der Waals surface area contributed by atoms with Crippen LogP contribution >= 0.6 is 22.9 Å². The first-order valence-corrected chi connectivity index (χ1v) is 24.8. The molecule has 0 radical (unpaired) electrons. The quantitative estimate of drug-likeness (QED) is 0.0421. The molecule has 1 aliphatic heterocycles. The number of aliphatic carboxylic acids is 1. The van der Waals surface area contributed by atoms with E-state index in [4.69, 9.17) is 35.1 Å². The van der Waals surface area contributed by atoms with Gasteiger partial charge in [-0.05, 0) is 59.5 Å². The number of hydrogen-bond donors (Lipinski definition) is 3. The maximum atomic E-state index is 15.2. The molecule has 3 aromatic heterocycles. The number of phenols is 1. The van der Waals surface area contributed by atoms with Crippen LogP contribution in [-0.2, 0) is 27.9 Å². The lowest BCUT2D eigenvalue weighted by Crippen LogP contribution is -2.58. The Bertz CT molecular complexity index is 3350. The number of methoxy groups -OCH3 is 1.